The zero-order valence-electron chi connectivity index (χ0n) is 10.4. The zero-order chi connectivity index (χ0) is 11.6. The second-order valence-corrected chi connectivity index (χ2v) is 4.22. The smallest absolute Gasteiger partial charge is 0.0179 e. The van der Waals surface area contributed by atoms with Crippen LogP contribution in [0.25, 0.3) is 5.57 Å². The molecule has 0 atom stereocenters. The molecule has 0 aliphatic heterocycles. The summed E-state index contributed by atoms with van der Waals surface area (Å²) in [4.78, 5) is 0. The highest BCUT2D eigenvalue weighted by Crippen LogP contribution is 2.25. The summed E-state index contributed by atoms with van der Waals surface area (Å²) >= 11 is 0. The topological polar surface area (TPSA) is 0 Å². The Morgan fingerprint density at radius 3 is 1.93 bits per heavy atom. The molecule has 0 aliphatic carbocycles. The summed E-state index contributed by atoms with van der Waals surface area (Å²) in [5.41, 5.74) is 7.75. The van der Waals surface area contributed by atoms with Crippen molar-refractivity contribution in [2.24, 2.45) is 0 Å². The van der Waals surface area contributed by atoms with Crippen molar-refractivity contribution in [3.63, 3.8) is 0 Å². The van der Waals surface area contributed by atoms with Crippen molar-refractivity contribution in [1.82, 2.24) is 0 Å². The highest BCUT2D eigenvalue weighted by Gasteiger charge is 2.05. The molecule has 80 valence electrons. The second-order valence-electron chi connectivity index (χ2n) is 4.22. The van der Waals surface area contributed by atoms with Gasteiger partial charge in [0.1, 0.15) is 0 Å². The molecule has 0 saturated heterocycles. The van der Waals surface area contributed by atoms with E-state index in [0.29, 0.717) is 0 Å². The molecule has 0 unspecified atom stereocenters. The lowest BCUT2D eigenvalue weighted by Gasteiger charge is -2.12. The van der Waals surface area contributed by atoms with E-state index in [0.717, 1.165) is 5.57 Å². The van der Waals surface area contributed by atoms with Crippen LogP contribution in [0.5, 0.6) is 0 Å². The van der Waals surface area contributed by atoms with Gasteiger partial charge >= 0.3 is 0 Å². The molecular weight excluding hydrogens is 180 g/mol. The van der Waals surface area contributed by atoms with E-state index in [1.807, 2.05) is 0 Å². The Labute approximate surface area is 93.3 Å². The average Bonchev–Trinajstić information content (AvgIpc) is 2.14. The first-order chi connectivity index (χ1) is 6.97. The van der Waals surface area contributed by atoms with Crippen molar-refractivity contribution in [2.45, 2.75) is 34.6 Å². The van der Waals surface area contributed by atoms with Gasteiger partial charge in [0, 0.05) is 0 Å². The maximum atomic E-state index is 4.02. The number of allylic oxidation sites excluding steroid dienone is 3. The normalized spacial score (nSPS) is 11.7. The first kappa shape index (κ1) is 11.8. The minimum Gasteiger partial charge on any atom is -0.0955 e. The van der Waals surface area contributed by atoms with Crippen LogP contribution < -0.4 is 0 Å². The van der Waals surface area contributed by atoms with E-state index in [9.17, 15) is 0 Å². The van der Waals surface area contributed by atoms with Gasteiger partial charge in [-0.1, -0.05) is 30.4 Å². The number of hydrogen-bond acceptors (Lipinski definition) is 0. The van der Waals surface area contributed by atoms with Crippen LogP contribution in [-0.4, -0.2) is 0 Å². The monoisotopic (exact) mass is 200 g/mol. The van der Waals surface area contributed by atoms with Crippen LogP contribution in [0.2, 0.25) is 0 Å². The zero-order valence-corrected chi connectivity index (χ0v) is 10.4. The lowest BCUT2D eigenvalue weighted by atomic mass is 9.93. The summed E-state index contributed by atoms with van der Waals surface area (Å²) in [6, 6.07) is 4.48. The van der Waals surface area contributed by atoms with Crippen molar-refractivity contribution in [2.75, 3.05) is 0 Å². The Bertz CT molecular complexity index is 397. The first-order valence-electron chi connectivity index (χ1n) is 5.37. The van der Waals surface area contributed by atoms with E-state index in [4.69, 9.17) is 0 Å². The third-order valence-corrected chi connectivity index (χ3v) is 2.99. The van der Waals surface area contributed by atoms with Gasteiger partial charge in [0.2, 0.25) is 0 Å². The fraction of sp³-hybridized carbons (Fsp3) is 0.333. The van der Waals surface area contributed by atoms with Crippen LogP contribution in [0.4, 0.5) is 0 Å². The number of aryl methyl sites for hydroxylation is 2. The Balaban J connectivity index is 3.34. The fourth-order valence-electron chi connectivity index (χ4n) is 1.85. The highest BCUT2D eigenvalue weighted by molar-refractivity contribution is 5.78. The molecule has 1 rings (SSSR count). The standard InChI is InChI=1S/C15H20/c1-7-15(10(2)3)14-8-11(4)13(6)12(5)9-14/h7-9H,2H2,1,3-6H3/b15-7-. The quantitative estimate of drug-likeness (QED) is 0.612. The summed E-state index contributed by atoms with van der Waals surface area (Å²) in [6.45, 7) is 14.6. The molecule has 0 fully saturated rings. The molecule has 1 aromatic rings. The van der Waals surface area contributed by atoms with Crippen molar-refractivity contribution in [3.8, 4) is 0 Å². The Morgan fingerprint density at radius 2 is 1.60 bits per heavy atom. The van der Waals surface area contributed by atoms with Gasteiger partial charge in [-0.2, -0.15) is 0 Å². The lowest BCUT2D eigenvalue weighted by Crippen LogP contribution is -1.92. The molecule has 15 heavy (non-hydrogen) atoms. The van der Waals surface area contributed by atoms with E-state index >= 15 is 0 Å². The average molecular weight is 200 g/mol. The third-order valence-electron chi connectivity index (χ3n) is 2.99. The van der Waals surface area contributed by atoms with E-state index in [2.05, 4.69) is 59.4 Å². The summed E-state index contributed by atoms with van der Waals surface area (Å²) in [5.74, 6) is 0. The van der Waals surface area contributed by atoms with Gasteiger partial charge < -0.3 is 0 Å². The minimum atomic E-state index is 1.13. The first-order valence-corrected chi connectivity index (χ1v) is 5.37. The van der Waals surface area contributed by atoms with Gasteiger partial charge in [0.25, 0.3) is 0 Å². The predicted molar refractivity (Wildman–Crippen MR) is 69.1 cm³/mol. The molecule has 0 heterocycles. The van der Waals surface area contributed by atoms with Gasteiger partial charge in [0.05, 0.1) is 0 Å². The van der Waals surface area contributed by atoms with Crippen molar-refractivity contribution in [3.05, 3.63) is 52.6 Å². The molecule has 0 saturated carbocycles. The molecule has 0 aromatic heterocycles. The lowest BCUT2D eigenvalue weighted by molar-refractivity contribution is 1.25. The van der Waals surface area contributed by atoms with Crippen LogP contribution in [-0.2, 0) is 0 Å². The minimum absolute atomic E-state index is 1.13. The molecule has 0 radical (unpaired) electrons. The molecule has 0 N–H and O–H groups in total. The van der Waals surface area contributed by atoms with Crippen molar-refractivity contribution in [1.29, 1.82) is 0 Å². The van der Waals surface area contributed by atoms with E-state index in [-0.39, 0.29) is 0 Å². The third kappa shape index (κ3) is 2.38. The van der Waals surface area contributed by atoms with Gasteiger partial charge in [0.15, 0.2) is 0 Å². The Kier molecular flexibility index (Phi) is 3.52. The van der Waals surface area contributed by atoms with E-state index < -0.39 is 0 Å². The summed E-state index contributed by atoms with van der Waals surface area (Å²) < 4.78 is 0. The largest absolute Gasteiger partial charge is 0.0955 e. The van der Waals surface area contributed by atoms with Gasteiger partial charge in [-0.25, -0.2) is 0 Å². The van der Waals surface area contributed by atoms with Crippen LogP contribution in [0, 0.1) is 20.8 Å². The van der Waals surface area contributed by atoms with Crippen LogP contribution in [0.3, 0.4) is 0 Å². The van der Waals surface area contributed by atoms with Gasteiger partial charge in [-0.3, -0.25) is 0 Å². The molecule has 0 heteroatoms. The predicted octanol–water partition coefficient (Wildman–Crippen LogP) is 4.59. The summed E-state index contributed by atoms with van der Waals surface area (Å²) in [5, 5.41) is 0. The second kappa shape index (κ2) is 4.48. The molecule has 0 bridgehead atoms. The van der Waals surface area contributed by atoms with Crippen LogP contribution in [0.15, 0.2) is 30.4 Å². The Hall–Kier alpha value is -1.30. The molecule has 0 aliphatic rings. The van der Waals surface area contributed by atoms with Crippen LogP contribution >= 0.6 is 0 Å². The number of rotatable bonds is 2. The van der Waals surface area contributed by atoms with Crippen LogP contribution in [0.1, 0.15) is 36.1 Å². The molecule has 0 spiro atoms. The number of benzene rings is 1. The summed E-state index contributed by atoms with van der Waals surface area (Å²) in [6.07, 6.45) is 2.13. The van der Waals surface area contributed by atoms with Gasteiger partial charge in [-0.05, 0) is 62.4 Å². The maximum absolute atomic E-state index is 4.02. The Morgan fingerprint density at radius 1 is 1.13 bits per heavy atom. The van der Waals surface area contributed by atoms with E-state index in [1.165, 1.54) is 27.8 Å². The SMILES string of the molecule is C=C(C)/C(=C/C)c1cc(C)c(C)c(C)c1. The molecule has 1 aromatic carbocycles. The van der Waals surface area contributed by atoms with Crippen molar-refractivity contribution >= 4 is 5.57 Å². The molecule has 0 amide bonds. The molecule has 0 nitrogen and oxygen atoms in total. The molecular formula is C15H20. The fourth-order valence-corrected chi connectivity index (χ4v) is 1.85. The van der Waals surface area contributed by atoms with Crippen molar-refractivity contribution < 1.29 is 0 Å². The number of hydrogen-bond donors (Lipinski definition) is 0. The highest BCUT2D eigenvalue weighted by atomic mass is 14.1. The van der Waals surface area contributed by atoms with E-state index in [1.54, 1.807) is 0 Å². The summed E-state index contributed by atoms with van der Waals surface area (Å²) in [7, 11) is 0. The van der Waals surface area contributed by atoms with Gasteiger partial charge in [-0.15, -0.1) is 0 Å². The maximum Gasteiger partial charge on any atom is -0.0179 e.